The minimum Gasteiger partial charge on any atom is -0.481 e. The fourth-order valence-electron chi connectivity index (χ4n) is 2.91. The molecule has 0 aliphatic carbocycles. The first kappa shape index (κ1) is 26.8. The Morgan fingerprint density at radius 2 is 1.34 bits per heavy atom. The van der Waals surface area contributed by atoms with Crippen molar-refractivity contribution in [2.24, 2.45) is 11.7 Å². The molecule has 0 aliphatic heterocycles. The molecule has 0 saturated carbocycles. The highest BCUT2D eigenvalue weighted by molar-refractivity contribution is 5.92. The van der Waals surface area contributed by atoms with E-state index in [9.17, 15) is 19.2 Å². The maximum absolute atomic E-state index is 12.3. The number of nitrogens with two attached hydrogens (primary N) is 1. The Morgan fingerprint density at radius 1 is 0.828 bits per heavy atom. The lowest BCUT2D eigenvalue weighted by Gasteiger charge is -2.22. The molecule has 0 aromatic heterocycles. The van der Waals surface area contributed by atoms with Gasteiger partial charge < -0.3 is 26.6 Å². The number of amides is 2. The third-order valence-electron chi connectivity index (χ3n) is 4.62. The molecule has 2 amide bonds. The quantitative estimate of drug-likeness (QED) is 0.226. The molecule has 0 spiro atoms. The highest BCUT2D eigenvalue weighted by Crippen LogP contribution is 2.10. The fourth-order valence-corrected chi connectivity index (χ4v) is 2.91. The van der Waals surface area contributed by atoms with Crippen molar-refractivity contribution in [1.82, 2.24) is 10.6 Å². The molecule has 2 atom stereocenters. The summed E-state index contributed by atoms with van der Waals surface area (Å²) in [5.41, 5.74) is 5.45. The maximum atomic E-state index is 12.3. The van der Waals surface area contributed by atoms with E-state index in [2.05, 4.69) is 10.6 Å². The standard InChI is InChI=1S/C20H37N3O6/c1-14(2)18(20(28)29)23-19(27)15(13-17(25)26)22-16(24)11-9-7-5-3-4-6-8-10-12-21/h14-15,18H,3-13,21H2,1-2H3,(H,22,24)(H,23,27)(H,25,26)(H,28,29)/t15-,18-/m0/s1. The molecule has 9 heteroatoms. The molecular formula is C20H37N3O6. The van der Waals surface area contributed by atoms with Gasteiger partial charge in [0.15, 0.2) is 0 Å². The summed E-state index contributed by atoms with van der Waals surface area (Å²) in [5, 5.41) is 22.9. The Morgan fingerprint density at radius 3 is 1.79 bits per heavy atom. The van der Waals surface area contributed by atoms with Crippen molar-refractivity contribution in [3.8, 4) is 0 Å². The SMILES string of the molecule is CC(C)[C@H](NC(=O)[C@H](CC(=O)O)NC(=O)CCCCCCCCCCN)C(=O)O. The van der Waals surface area contributed by atoms with Crippen LogP contribution in [0, 0.1) is 5.92 Å². The molecule has 0 fully saturated rings. The largest absolute Gasteiger partial charge is 0.481 e. The normalized spacial score (nSPS) is 13.0. The van der Waals surface area contributed by atoms with Gasteiger partial charge in [-0.15, -0.1) is 0 Å². The predicted molar refractivity (Wildman–Crippen MR) is 109 cm³/mol. The first-order valence-electron chi connectivity index (χ1n) is 10.4. The van der Waals surface area contributed by atoms with Gasteiger partial charge in [0, 0.05) is 6.42 Å². The Hall–Kier alpha value is -2.16. The van der Waals surface area contributed by atoms with Gasteiger partial charge in [0.2, 0.25) is 11.8 Å². The molecule has 0 heterocycles. The fraction of sp³-hybridized carbons (Fsp3) is 0.800. The molecule has 0 bridgehead atoms. The zero-order chi connectivity index (χ0) is 22.2. The average Bonchev–Trinajstić information content (AvgIpc) is 2.63. The van der Waals surface area contributed by atoms with E-state index >= 15 is 0 Å². The third kappa shape index (κ3) is 13.6. The van der Waals surface area contributed by atoms with E-state index in [4.69, 9.17) is 15.9 Å². The molecule has 6 N–H and O–H groups in total. The number of carbonyl (C=O) groups is 4. The van der Waals surface area contributed by atoms with E-state index in [1.54, 1.807) is 13.8 Å². The third-order valence-corrected chi connectivity index (χ3v) is 4.62. The number of rotatable bonds is 17. The van der Waals surface area contributed by atoms with Gasteiger partial charge in [0.1, 0.15) is 12.1 Å². The summed E-state index contributed by atoms with van der Waals surface area (Å²) in [4.78, 5) is 46.6. The minimum atomic E-state index is -1.30. The molecule has 9 nitrogen and oxygen atoms in total. The van der Waals surface area contributed by atoms with Crippen LogP contribution in [0.5, 0.6) is 0 Å². The van der Waals surface area contributed by atoms with E-state index in [1.807, 2.05) is 0 Å². The second-order valence-corrected chi connectivity index (χ2v) is 7.65. The summed E-state index contributed by atoms with van der Waals surface area (Å²) in [6.07, 6.45) is 7.75. The van der Waals surface area contributed by atoms with Crippen molar-refractivity contribution >= 4 is 23.8 Å². The van der Waals surface area contributed by atoms with E-state index in [0.717, 1.165) is 51.5 Å². The summed E-state index contributed by atoms with van der Waals surface area (Å²) in [5.74, 6) is -4.06. The number of aliphatic carboxylic acids is 2. The van der Waals surface area contributed by atoms with E-state index < -0.39 is 42.3 Å². The van der Waals surface area contributed by atoms with Crippen molar-refractivity contribution in [1.29, 1.82) is 0 Å². The summed E-state index contributed by atoms with van der Waals surface area (Å²) in [6, 6.07) is -2.45. The van der Waals surface area contributed by atoms with Crippen LogP contribution in [0.2, 0.25) is 0 Å². The highest BCUT2D eigenvalue weighted by atomic mass is 16.4. The number of nitrogens with one attached hydrogen (secondary N) is 2. The van der Waals surface area contributed by atoms with Crippen molar-refractivity contribution in [3.05, 3.63) is 0 Å². The van der Waals surface area contributed by atoms with Crippen LogP contribution in [-0.4, -0.2) is 52.6 Å². The zero-order valence-corrected chi connectivity index (χ0v) is 17.6. The van der Waals surface area contributed by atoms with E-state index in [0.29, 0.717) is 6.42 Å². The van der Waals surface area contributed by atoms with E-state index in [-0.39, 0.29) is 12.3 Å². The molecule has 0 saturated heterocycles. The lowest BCUT2D eigenvalue weighted by Crippen LogP contribution is -2.53. The van der Waals surface area contributed by atoms with Crippen molar-refractivity contribution in [2.75, 3.05) is 6.54 Å². The number of carbonyl (C=O) groups excluding carboxylic acids is 2. The summed E-state index contributed by atoms with van der Waals surface area (Å²) < 4.78 is 0. The van der Waals surface area contributed by atoms with Gasteiger partial charge in [-0.3, -0.25) is 14.4 Å². The summed E-state index contributed by atoms with van der Waals surface area (Å²) in [7, 11) is 0. The van der Waals surface area contributed by atoms with Crippen molar-refractivity contribution < 1.29 is 29.4 Å². The van der Waals surface area contributed by atoms with Gasteiger partial charge in [-0.05, 0) is 25.3 Å². The molecule has 168 valence electrons. The molecule has 0 aromatic carbocycles. The van der Waals surface area contributed by atoms with Crippen LogP contribution >= 0.6 is 0 Å². The topological polar surface area (TPSA) is 159 Å². The van der Waals surface area contributed by atoms with Crippen LogP contribution in [0.15, 0.2) is 0 Å². The number of unbranched alkanes of at least 4 members (excludes halogenated alkanes) is 7. The monoisotopic (exact) mass is 415 g/mol. The average molecular weight is 416 g/mol. The van der Waals surface area contributed by atoms with Gasteiger partial charge in [0.05, 0.1) is 6.42 Å². The smallest absolute Gasteiger partial charge is 0.326 e. The molecule has 29 heavy (non-hydrogen) atoms. The van der Waals surface area contributed by atoms with Crippen LogP contribution in [0.4, 0.5) is 0 Å². The van der Waals surface area contributed by atoms with Crippen LogP contribution in [0.1, 0.15) is 78.1 Å². The maximum Gasteiger partial charge on any atom is 0.326 e. The number of carboxylic acids is 2. The van der Waals surface area contributed by atoms with Gasteiger partial charge >= 0.3 is 11.9 Å². The number of carboxylic acid groups (broad SMARTS) is 2. The molecular weight excluding hydrogens is 378 g/mol. The lowest BCUT2D eigenvalue weighted by atomic mass is 10.0. The van der Waals surface area contributed by atoms with E-state index in [1.165, 1.54) is 0 Å². The Labute approximate surface area is 172 Å². The van der Waals surface area contributed by atoms with Crippen LogP contribution in [0.25, 0.3) is 0 Å². The minimum absolute atomic E-state index is 0.198. The summed E-state index contributed by atoms with van der Waals surface area (Å²) in [6.45, 7) is 3.98. The summed E-state index contributed by atoms with van der Waals surface area (Å²) >= 11 is 0. The van der Waals surface area contributed by atoms with Gasteiger partial charge in [-0.1, -0.05) is 52.4 Å². The lowest BCUT2D eigenvalue weighted by molar-refractivity contribution is -0.144. The van der Waals surface area contributed by atoms with Gasteiger partial charge in [0.25, 0.3) is 0 Å². The molecule has 0 unspecified atom stereocenters. The molecule has 0 radical (unpaired) electrons. The van der Waals surface area contributed by atoms with Crippen LogP contribution in [-0.2, 0) is 19.2 Å². The first-order chi connectivity index (χ1) is 13.7. The number of hydrogen-bond donors (Lipinski definition) is 5. The van der Waals surface area contributed by atoms with Crippen molar-refractivity contribution in [2.45, 2.75) is 90.1 Å². The van der Waals surface area contributed by atoms with Crippen molar-refractivity contribution in [3.63, 3.8) is 0 Å². The first-order valence-corrected chi connectivity index (χ1v) is 10.4. The molecule has 0 rings (SSSR count). The second-order valence-electron chi connectivity index (χ2n) is 7.65. The Kier molecular flexibility index (Phi) is 14.6. The zero-order valence-electron chi connectivity index (χ0n) is 17.6. The predicted octanol–water partition coefficient (Wildman–Crippen LogP) is 1.64. The van der Waals surface area contributed by atoms with Crippen LogP contribution in [0.3, 0.4) is 0 Å². The second kappa shape index (κ2) is 15.7. The molecule has 0 aromatic rings. The Balaban J connectivity index is 4.35. The Bertz CT molecular complexity index is 524. The van der Waals surface area contributed by atoms with Gasteiger partial charge in [-0.25, -0.2) is 4.79 Å². The van der Waals surface area contributed by atoms with Crippen LogP contribution < -0.4 is 16.4 Å². The molecule has 0 aliphatic rings. The van der Waals surface area contributed by atoms with Gasteiger partial charge in [-0.2, -0.15) is 0 Å². The highest BCUT2D eigenvalue weighted by Gasteiger charge is 2.29. The number of hydrogen-bond acceptors (Lipinski definition) is 5.